The Bertz CT molecular complexity index is 484. The van der Waals surface area contributed by atoms with E-state index in [2.05, 4.69) is 10.3 Å². The highest BCUT2D eigenvalue weighted by atomic mass is 35.5. The van der Waals surface area contributed by atoms with Gasteiger partial charge < -0.3 is 10.4 Å². The number of amides is 1. The van der Waals surface area contributed by atoms with E-state index in [1.165, 1.54) is 18.5 Å². The van der Waals surface area contributed by atoms with Crippen molar-refractivity contribution in [3.63, 3.8) is 0 Å². The zero-order valence-electron chi connectivity index (χ0n) is 9.65. The average molecular weight is 269 g/mol. The summed E-state index contributed by atoms with van der Waals surface area (Å²) in [5.41, 5.74) is -0.900. The van der Waals surface area contributed by atoms with E-state index in [4.69, 9.17) is 11.6 Å². The summed E-state index contributed by atoms with van der Waals surface area (Å²) in [5, 5.41) is 12.1. The Hall–Kier alpha value is -1.62. The number of carboxylic acids is 1. The van der Waals surface area contributed by atoms with Crippen LogP contribution in [0.4, 0.5) is 0 Å². The number of hydrogen-bond acceptors (Lipinski definition) is 3. The minimum atomic E-state index is -1.15. The SMILES string of the molecule is O=C(NC1(C(=O)O)CCCC1)c1ccncc1Cl. The second kappa shape index (κ2) is 4.94. The molecule has 0 atom stereocenters. The van der Waals surface area contributed by atoms with Crippen molar-refractivity contribution in [2.45, 2.75) is 31.2 Å². The minimum absolute atomic E-state index is 0.216. The van der Waals surface area contributed by atoms with Crippen LogP contribution in [0.25, 0.3) is 0 Å². The van der Waals surface area contributed by atoms with E-state index in [1.54, 1.807) is 0 Å². The second-order valence-corrected chi connectivity index (χ2v) is 4.81. The molecule has 0 aliphatic heterocycles. The van der Waals surface area contributed by atoms with Crippen LogP contribution in [0.15, 0.2) is 18.5 Å². The van der Waals surface area contributed by atoms with Gasteiger partial charge >= 0.3 is 5.97 Å². The molecule has 1 aromatic rings. The molecule has 0 radical (unpaired) electrons. The molecule has 0 aromatic carbocycles. The van der Waals surface area contributed by atoms with Gasteiger partial charge in [-0.15, -0.1) is 0 Å². The smallest absolute Gasteiger partial charge is 0.329 e. The van der Waals surface area contributed by atoms with Gasteiger partial charge in [0.05, 0.1) is 10.6 Å². The van der Waals surface area contributed by atoms with Crippen LogP contribution in [0.2, 0.25) is 5.02 Å². The number of rotatable bonds is 3. The summed E-state index contributed by atoms with van der Waals surface area (Å²) < 4.78 is 0. The first-order valence-electron chi connectivity index (χ1n) is 5.71. The highest BCUT2D eigenvalue weighted by Crippen LogP contribution is 2.30. The lowest BCUT2D eigenvalue weighted by molar-refractivity contribution is -0.144. The molecule has 0 spiro atoms. The predicted molar refractivity (Wildman–Crippen MR) is 65.5 cm³/mol. The maximum atomic E-state index is 12.0. The van der Waals surface area contributed by atoms with Gasteiger partial charge in [-0.25, -0.2) is 4.79 Å². The zero-order valence-corrected chi connectivity index (χ0v) is 10.4. The molecular formula is C12H13ClN2O3. The first kappa shape index (κ1) is 12.8. The molecule has 1 amide bonds. The van der Waals surface area contributed by atoms with Crippen LogP contribution in [0.3, 0.4) is 0 Å². The van der Waals surface area contributed by atoms with Crippen LogP contribution < -0.4 is 5.32 Å². The second-order valence-electron chi connectivity index (χ2n) is 4.40. The van der Waals surface area contributed by atoms with Crippen LogP contribution >= 0.6 is 11.6 Å². The van der Waals surface area contributed by atoms with Crippen LogP contribution in [0.5, 0.6) is 0 Å². The highest BCUT2D eigenvalue weighted by molar-refractivity contribution is 6.33. The van der Waals surface area contributed by atoms with Gasteiger partial charge in [-0.2, -0.15) is 0 Å². The van der Waals surface area contributed by atoms with Crippen molar-refractivity contribution in [2.24, 2.45) is 0 Å². The topological polar surface area (TPSA) is 79.3 Å². The third-order valence-corrected chi connectivity index (χ3v) is 3.54. The Morgan fingerprint density at radius 3 is 2.61 bits per heavy atom. The molecule has 1 saturated carbocycles. The lowest BCUT2D eigenvalue weighted by Crippen LogP contribution is -2.52. The summed E-state index contributed by atoms with van der Waals surface area (Å²) in [6.07, 6.45) is 5.32. The molecule has 1 heterocycles. The Morgan fingerprint density at radius 1 is 1.39 bits per heavy atom. The third-order valence-electron chi connectivity index (χ3n) is 3.24. The van der Waals surface area contributed by atoms with E-state index in [9.17, 15) is 14.7 Å². The van der Waals surface area contributed by atoms with Gasteiger partial charge in [-0.3, -0.25) is 9.78 Å². The zero-order chi connectivity index (χ0) is 13.2. The number of carboxylic acid groups (broad SMARTS) is 1. The minimum Gasteiger partial charge on any atom is -0.480 e. The lowest BCUT2D eigenvalue weighted by atomic mass is 9.97. The van der Waals surface area contributed by atoms with Gasteiger partial charge in [0.1, 0.15) is 5.54 Å². The number of nitrogens with one attached hydrogen (secondary N) is 1. The van der Waals surface area contributed by atoms with Crippen LogP contribution in [-0.2, 0) is 4.79 Å². The van der Waals surface area contributed by atoms with Gasteiger partial charge in [-0.1, -0.05) is 24.4 Å². The van der Waals surface area contributed by atoms with Crippen LogP contribution in [0.1, 0.15) is 36.0 Å². The van der Waals surface area contributed by atoms with E-state index in [0.29, 0.717) is 12.8 Å². The Balaban J connectivity index is 2.21. The molecule has 1 fully saturated rings. The van der Waals surface area contributed by atoms with Crippen molar-refractivity contribution in [1.29, 1.82) is 0 Å². The van der Waals surface area contributed by atoms with Crippen molar-refractivity contribution in [1.82, 2.24) is 10.3 Å². The molecule has 0 unspecified atom stereocenters. The maximum Gasteiger partial charge on any atom is 0.329 e. The lowest BCUT2D eigenvalue weighted by Gasteiger charge is -2.25. The molecule has 0 saturated heterocycles. The van der Waals surface area contributed by atoms with E-state index in [1.807, 2.05) is 0 Å². The number of nitrogens with zero attached hydrogens (tertiary/aromatic N) is 1. The monoisotopic (exact) mass is 268 g/mol. The first-order chi connectivity index (χ1) is 8.55. The molecular weight excluding hydrogens is 256 g/mol. The molecule has 0 bridgehead atoms. The number of carbonyl (C=O) groups excluding carboxylic acids is 1. The van der Waals surface area contributed by atoms with Crippen LogP contribution in [0, 0.1) is 0 Å². The fraction of sp³-hybridized carbons (Fsp3) is 0.417. The summed E-state index contributed by atoms with van der Waals surface area (Å²) in [4.78, 5) is 27.1. The summed E-state index contributed by atoms with van der Waals surface area (Å²) in [6, 6.07) is 1.47. The van der Waals surface area contributed by atoms with Gasteiger partial charge in [0.15, 0.2) is 0 Å². The number of carbonyl (C=O) groups is 2. The molecule has 1 aliphatic rings. The highest BCUT2D eigenvalue weighted by Gasteiger charge is 2.42. The first-order valence-corrected chi connectivity index (χ1v) is 6.08. The van der Waals surface area contributed by atoms with E-state index in [0.717, 1.165) is 12.8 Å². The fourth-order valence-electron chi connectivity index (χ4n) is 2.21. The van der Waals surface area contributed by atoms with Gasteiger partial charge in [0.25, 0.3) is 5.91 Å². The summed E-state index contributed by atoms with van der Waals surface area (Å²) in [6.45, 7) is 0. The molecule has 1 aliphatic carbocycles. The van der Waals surface area contributed by atoms with Gasteiger partial charge in [0, 0.05) is 12.4 Å². The quantitative estimate of drug-likeness (QED) is 0.877. The maximum absolute atomic E-state index is 12.0. The van der Waals surface area contributed by atoms with E-state index in [-0.39, 0.29) is 10.6 Å². The summed E-state index contributed by atoms with van der Waals surface area (Å²) in [7, 11) is 0. The standard InChI is InChI=1S/C12H13ClN2O3/c13-9-7-14-6-3-8(9)10(16)15-12(11(17)18)4-1-2-5-12/h3,6-7H,1-2,4-5H2,(H,15,16)(H,17,18). The molecule has 5 nitrogen and oxygen atoms in total. The molecule has 96 valence electrons. The Morgan fingerprint density at radius 2 is 2.06 bits per heavy atom. The number of aromatic nitrogens is 1. The largest absolute Gasteiger partial charge is 0.480 e. The molecule has 2 N–H and O–H groups in total. The van der Waals surface area contributed by atoms with Crippen LogP contribution in [-0.4, -0.2) is 27.5 Å². The Labute approximate surface area is 109 Å². The molecule has 18 heavy (non-hydrogen) atoms. The van der Waals surface area contributed by atoms with Crippen molar-refractivity contribution in [3.05, 3.63) is 29.0 Å². The molecule has 2 rings (SSSR count). The van der Waals surface area contributed by atoms with E-state index < -0.39 is 17.4 Å². The fourth-order valence-corrected chi connectivity index (χ4v) is 2.42. The molecule has 6 heteroatoms. The van der Waals surface area contributed by atoms with Crippen molar-refractivity contribution < 1.29 is 14.7 Å². The number of halogens is 1. The summed E-state index contributed by atoms with van der Waals surface area (Å²) >= 11 is 5.86. The average Bonchev–Trinajstić information content (AvgIpc) is 2.79. The number of aliphatic carboxylic acids is 1. The third kappa shape index (κ3) is 2.31. The number of hydrogen-bond donors (Lipinski definition) is 2. The van der Waals surface area contributed by atoms with E-state index >= 15 is 0 Å². The van der Waals surface area contributed by atoms with Crippen molar-refractivity contribution in [3.8, 4) is 0 Å². The van der Waals surface area contributed by atoms with Gasteiger partial charge in [-0.05, 0) is 18.9 Å². The normalized spacial score (nSPS) is 17.4. The number of pyridine rings is 1. The van der Waals surface area contributed by atoms with Gasteiger partial charge in [0.2, 0.25) is 0 Å². The Kier molecular flexibility index (Phi) is 3.52. The van der Waals surface area contributed by atoms with Crippen molar-refractivity contribution in [2.75, 3.05) is 0 Å². The predicted octanol–water partition coefficient (Wildman–Crippen LogP) is 1.86. The molecule has 1 aromatic heterocycles. The summed E-state index contributed by atoms with van der Waals surface area (Å²) in [5.74, 6) is -1.45. The van der Waals surface area contributed by atoms with Crippen molar-refractivity contribution >= 4 is 23.5 Å².